The van der Waals surface area contributed by atoms with E-state index >= 15 is 0 Å². The summed E-state index contributed by atoms with van der Waals surface area (Å²) in [5, 5.41) is 12.7. The molecule has 2 N–H and O–H groups in total. The lowest BCUT2D eigenvalue weighted by Gasteiger charge is -2.58. The van der Waals surface area contributed by atoms with Crippen molar-refractivity contribution < 1.29 is 19.1 Å². The third-order valence-corrected chi connectivity index (χ3v) is 6.54. The molecule has 7 heteroatoms. The van der Waals surface area contributed by atoms with Gasteiger partial charge in [-0.05, 0) is 41.0 Å². The largest absolute Gasteiger partial charge is 0.394 e. The number of hydrogen-bond donors (Lipinski definition) is 2. The van der Waals surface area contributed by atoms with Crippen LogP contribution in [0.4, 0.5) is 14.9 Å². The number of halogens is 1. The fourth-order valence-corrected chi connectivity index (χ4v) is 4.92. The number of amides is 3. The van der Waals surface area contributed by atoms with Crippen molar-refractivity contribution in [3.8, 4) is 11.1 Å². The van der Waals surface area contributed by atoms with Crippen LogP contribution in [-0.2, 0) is 4.79 Å². The highest BCUT2D eigenvalue weighted by molar-refractivity contribution is 5.93. The van der Waals surface area contributed by atoms with E-state index in [2.05, 4.69) is 5.32 Å². The maximum absolute atomic E-state index is 13.1. The van der Waals surface area contributed by atoms with Gasteiger partial charge in [-0.3, -0.25) is 4.79 Å². The molecule has 0 spiro atoms. The van der Waals surface area contributed by atoms with Crippen molar-refractivity contribution in [2.24, 2.45) is 0 Å². The Morgan fingerprint density at radius 2 is 1.64 bits per heavy atom. The minimum atomic E-state index is -0.403. The Morgan fingerprint density at radius 3 is 2.30 bits per heavy atom. The zero-order chi connectivity index (χ0) is 22.9. The summed E-state index contributed by atoms with van der Waals surface area (Å²) >= 11 is 0. The van der Waals surface area contributed by atoms with E-state index in [0.717, 1.165) is 16.7 Å². The summed E-state index contributed by atoms with van der Waals surface area (Å²) in [5.41, 5.74) is 3.71. The molecule has 5 rings (SSSR count). The summed E-state index contributed by atoms with van der Waals surface area (Å²) in [6, 6.07) is 22.8. The number of urea groups is 1. The standard InChI is InChI=1S/C26H24FN3O3/c27-20-10-12-21(13-11-20)28-26(33)29-14-22-25(23(16-31)30(22)24(32)15-29)19-8-6-18(7-9-19)17-4-2-1-3-5-17/h1-13,22-23,25,31H,14-16H2,(H,28,33)/t22-,23-,25-/m1/s1. The number of hydrogen-bond acceptors (Lipinski definition) is 3. The SMILES string of the molecule is O=C(Nc1ccc(F)cc1)N1CC(=O)N2[C@H](CO)[C@H](c3ccc(-c4ccccc4)cc3)[C@H]2C1. The maximum atomic E-state index is 13.1. The van der Waals surface area contributed by atoms with Gasteiger partial charge in [0.2, 0.25) is 5.91 Å². The molecule has 3 aromatic carbocycles. The summed E-state index contributed by atoms with van der Waals surface area (Å²) in [6.07, 6.45) is 0. The Morgan fingerprint density at radius 1 is 0.970 bits per heavy atom. The molecule has 0 aromatic heterocycles. The predicted molar refractivity (Wildman–Crippen MR) is 123 cm³/mol. The molecule has 2 saturated heterocycles. The number of aliphatic hydroxyl groups is 1. The first-order valence-electron chi connectivity index (χ1n) is 10.9. The van der Waals surface area contributed by atoms with Gasteiger partial charge in [0.05, 0.1) is 18.7 Å². The number of benzene rings is 3. The molecule has 2 aliphatic heterocycles. The fourth-order valence-electron chi connectivity index (χ4n) is 4.92. The normalized spacial score (nSPS) is 21.9. The smallest absolute Gasteiger partial charge is 0.322 e. The van der Waals surface area contributed by atoms with Gasteiger partial charge in [-0.15, -0.1) is 0 Å². The molecule has 0 aliphatic carbocycles. The molecule has 2 aliphatic rings. The summed E-state index contributed by atoms with van der Waals surface area (Å²) in [4.78, 5) is 28.8. The molecule has 0 saturated carbocycles. The number of fused-ring (bicyclic) bond motifs is 1. The van der Waals surface area contributed by atoms with E-state index in [1.54, 1.807) is 4.90 Å². The number of aliphatic hydroxyl groups excluding tert-OH is 1. The molecule has 6 nitrogen and oxygen atoms in total. The van der Waals surface area contributed by atoms with Crippen LogP contribution < -0.4 is 5.32 Å². The molecule has 2 fully saturated rings. The molecule has 3 atom stereocenters. The van der Waals surface area contributed by atoms with Gasteiger partial charge >= 0.3 is 6.03 Å². The second-order valence-corrected chi connectivity index (χ2v) is 8.45. The Balaban J connectivity index is 1.33. The van der Waals surface area contributed by atoms with Crippen LogP contribution in [-0.4, -0.2) is 58.6 Å². The first kappa shape index (κ1) is 21.2. The van der Waals surface area contributed by atoms with E-state index in [-0.39, 0.29) is 42.9 Å². The van der Waals surface area contributed by atoms with Gasteiger partial charge in [-0.2, -0.15) is 0 Å². The highest BCUT2D eigenvalue weighted by Gasteiger charge is 2.54. The lowest BCUT2D eigenvalue weighted by Crippen LogP contribution is -2.73. The number of nitrogens with one attached hydrogen (secondary N) is 1. The van der Waals surface area contributed by atoms with Crippen molar-refractivity contribution in [2.45, 2.75) is 18.0 Å². The topological polar surface area (TPSA) is 72.9 Å². The molecular formula is C26H24FN3O3. The van der Waals surface area contributed by atoms with Crippen molar-refractivity contribution >= 4 is 17.6 Å². The van der Waals surface area contributed by atoms with Crippen LogP contribution in [0.1, 0.15) is 11.5 Å². The Kier molecular flexibility index (Phi) is 5.56. The van der Waals surface area contributed by atoms with Crippen LogP contribution >= 0.6 is 0 Å². The second kappa shape index (κ2) is 8.67. The fraction of sp³-hybridized carbons (Fsp3) is 0.231. The molecule has 33 heavy (non-hydrogen) atoms. The third-order valence-electron chi connectivity index (χ3n) is 6.54. The van der Waals surface area contributed by atoms with E-state index in [1.807, 2.05) is 54.6 Å². The van der Waals surface area contributed by atoms with Gasteiger partial charge in [-0.1, -0.05) is 54.6 Å². The second-order valence-electron chi connectivity index (χ2n) is 8.45. The number of nitrogens with zero attached hydrogens (tertiary/aromatic N) is 2. The summed E-state index contributed by atoms with van der Waals surface area (Å²) < 4.78 is 13.1. The minimum Gasteiger partial charge on any atom is -0.394 e. The summed E-state index contributed by atoms with van der Waals surface area (Å²) in [7, 11) is 0. The van der Waals surface area contributed by atoms with Crippen LogP contribution in [0.2, 0.25) is 0 Å². The minimum absolute atomic E-state index is 0.0559. The van der Waals surface area contributed by atoms with Gasteiger partial charge < -0.3 is 20.2 Å². The van der Waals surface area contributed by atoms with Gasteiger partial charge in [0.15, 0.2) is 0 Å². The number of carbonyl (C=O) groups is 2. The van der Waals surface area contributed by atoms with Crippen LogP contribution in [0.3, 0.4) is 0 Å². The van der Waals surface area contributed by atoms with Crippen molar-refractivity contribution in [1.82, 2.24) is 9.80 Å². The van der Waals surface area contributed by atoms with Gasteiger partial charge in [-0.25, -0.2) is 9.18 Å². The van der Waals surface area contributed by atoms with E-state index in [1.165, 1.54) is 29.2 Å². The quantitative estimate of drug-likeness (QED) is 0.643. The zero-order valence-electron chi connectivity index (χ0n) is 17.9. The highest BCUT2D eigenvalue weighted by atomic mass is 19.1. The van der Waals surface area contributed by atoms with Crippen molar-refractivity contribution in [3.05, 3.63) is 90.2 Å². The van der Waals surface area contributed by atoms with Crippen LogP contribution in [0.25, 0.3) is 11.1 Å². The lowest BCUT2D eigenvalue weighted by atomic mass is 9.73. The molecule has 3 amide bonds. The van der Waals surface area contributed by atoms with Crippen LogP contribution in [0.15, 0.2) is 78.9 Å². The van der Waals surface area contributed by atoms with E-state index in [0.29, 0.717) is 12.2 Å². The van der Waals surface area contributed by atoms with Crippen molar-refractivity contribution in [3.63, 3.8) is 0 Å². The van der Waals surface area contributed by atoms with Crippen LogP contribution in [0, 0.1) is 5.82 Å². The third kappa shape index (κ3) is 3.96. The van der Waals surface area contributed by atoms with Crippen molar-refractivity contribution in [1.29, 1.82) is 0 Å². The Bertz CT molecular complexity index is 1150. The highest BCUT2D eigenvalue weighted by Crippen LogP contribution is 2.43. The predicted octanol–water partition coefficient (Wildman–Crippen LogP) is 3.70. The van der Waals surface area contributed by atoms with Crippen LogP contribution in [0.5, 0.6) is 0 Å². The molecule has 0 radical (unpaired) electrons. The maximum Gasteiger partial charge on any atom is 0.322 e. The molecule has 3 aromatic rings. The number of piperazine rings is 1. The van der Waals surface area contributed by atoms with E-state index < -0.39 is 6.03 Å². The first-order chi connectivity index (χ1) is 16.0. The monoisotopic (exact) mass is 445 g/mol. The molecular weight excluding hydrogens is 421 g/mol. The summed E-state index contributed by atoms with van der Waals surface area (Å²) in [6.45, 7) is 0.176. The Labute approximate surface area is 191 Å². The van der Waals surface area contributed by atoms with E-state index in [4.69, 9.17) is 0 Å². The average Bonchev–Trinajstić information content (AvgIpc) is 2.82. The van der Waals surface area contributed by atoms with Gasteiger partial charge in [0.1, 0.15) is 12.4 Å². The zero-order valence-corrected chi connectivity index (χ0v) is 17.9. The number of carbonyl (C=O) groups excluding carboxylic acids is 2. The molecule has 2 heterocycles. The van der Waals surface area contributed by atoms with Gasteiger partial charge in [0.25, 0.3) is 0 Å². The molecule has 168 valence electrons. The Hall–Kier alpha value is -3.71. The van der Waals surface area contributed by atoms with Gasteiger partial charge in [0, 0.05) is 18.2 Å². The number of anilines is 1. The molecule has 0 unspecified atom stereocenters. The first-order valence-corrected chi connectivity index (χ1v) is 10.9. The van der Waals surface area contributed by atoms with Crippen molar-refractivity contribution in [2.75, 3.05) is 25.0 Å². The summed E-state index contributed by atoms with van der Waals surface area (Å²) in [5.74, 6) is -0.635. The lowest BCUT2D eigenvalue weighted by molar-refractivity contribution is -0.159. The number of rotatable bonds is 4. The molecule has 0 bridgehead atoms. The van der Waals surface area contributed by atoms with E-state index in [9.17, 15) is 19.1 Å². The average molecular weight is 445 g/mol.